The van der Waals surface area contributed by atoms with Crippen LogP contribution in [0.15, 0.2) is 0 Å². The standard InChI is InChI=1S/B144/c1-74(2)110(73)128(109(71)72)137(127(107(67)68)108(69)70)142(138(129(111(75(3)4)76(5)6)112(77(7)8)78(9)10)130(113(79(11)12)80(13)14)114(81(15)16)82(17)18)144(141(135(123(99(51)52)100(53)54)124(101(55)56)102(57)58)136(125(103(59)60)104(61)62)126(105(63)64)106(65)66)143(139(131(115(83(19)20)84(21)22)116(85(23)24)86(25)26)132(117(87(27)28)88(29)30)118(89(31)32)90(33)34)140(133(119(91(35)36)92(37)38)120(93(39)40)94(41)42)134(121(95(43)44)96(45)46)122(97(47)48)98(49)50. The maximum atomic E-state index is 7.96. The predicted molar refractivity (Wildman–Crippen MR) is 829 cm³/mol. The Morgan fingerprint density at radius 2 is 0.0833 bits per heavy atom. The normalized spacial score (nSPS) is 9.89. The van der Waals surface area contributed by atoms with Gasteiger partial charge in [0.1, 0.15) is 0 Å². The lowest BCUT2D eigenvalue weighted by atomic mass is 8.16. The topological polar surface area (TPSA) is 0 Å². The van der Waals surface area contributed by atoms with Gasteiger partial charge in [-0.15, -0.1) is 0 Å². The predicted octanol–water partition coefficient (Wildman–Crippen LogP) is -54.8. The van der Waals surface area contributed by atoms with Crippen molar-refractivity contribution >= 4 is 1020 Å². The van der Waals surface area contributed by atoms with Gasteiger partial charge in [0, 0.05) is 1020 Å². The van der Waals surface area contributed by atoms with Crippen LogP contribution in [0.4, 0.5) is 0 Å². The molecule has 0 unspecified atom stereocenters. The highest BCUT2D eigenvalue weighted by atomic mass is 13.5. The first-order valence-corrected chi connectivity index (χ1v) is 47.7. The highest BCUT2D eigenvalue weighted by Gasteiger charge is 2.73. The molecule has 0 aromatic rings. The summed E-state index contributed by atoms with van der Waals surface area (Å²) < 4.78 is 0. The smallest absolute Gasteiger partial charge is 0 e. The molecule has 0 bridgehead atoms. The van der Waals surface area contributed by atoms with Crippen LogP contribution < -0.4 is 0 Å². The summed E-state index contributed by atoms with van der Waals surface area (Å²) in [7, 11) is 553. The van der Waals surface area contributed by atoms with Gasteiger partial charge in [0.05, 0.1) is 0 Å². The number of hydrogen-bond donors (Lipinski definition) is 0. The van der Waals surface area contributed by atoms with Crippen LogP contribution in [-0.4, -0.2) is 1020 Å². The van der Waals surface area contributed by atoms with Crippen LogP contribution >= 0.6 is 0 Å². The Bertz CT molecular complexity index is 2530. The third-order valence-corrected chi connectivity index (χ3v) is 31.1. The Kier molecular flexibility index (Phi) is 75.2. The van der Waals surface area contributed by atoms with E-state index in [0.717, 1.165) is 0 Å². The van der Waals surface area contributed by atoms with E-state index in [4.69, 9.17) is 565 Å². The third kappa shape index (κ3) is 40.9. The van der Waals surface area contributed by atoms with Gasteiger partial charge in [-0.05, 0) is 0 Å². The zero-order chi connectivity index (χ0) is 114. The summed E-state index contributed by atoms with van der Waals surface area (Å²) in [5.74, 6) is 0. The highest BCUT2D eigenvalue weighted by Crippen LogP contribution is 2.35. The zero-order valence-corrected chi connectivity index (χ0v) is 83.1. The summed E-state index contributed by atoms with van der Waals surface area (Å²) in [6.07, 6.45) is -166. The van der Waals surface area contributed by atoms with E-state index < -0.39 is 453 Å². The van der Waals surface area contributed by atoms with E-state index in [1.54, 1.807) is 0 Å². The summed E-state index contributed by atoms with van der Waals surface area (Å²) in [6.45, 7) is 0. The van der Waals surface area contributed by atoms with E-state index in [-0.39, 0.29) is 0 Å². The highest BCUT2D eigenvalue weighted by molar-refractivity contribution is 8.48. The molecule has 0 nitrogen and oxygen atoms in total. The lowest BCUT2D eigenvalue weighted by Gasteiger charge is -2.65. The molecular formula is B144. The summed E-state index contributed by atoms with van der Waals surface area (Å²) in [4.78, 5) is 0. The maximum Gasteiger partial charge on any atom is 0 e. The van der Waals surface area contributed by atoms with Gasteiger partial charge >= 0.3 is 0 Å². The first-order chi connectivity index (χ1) is 65.5. The fourth-order valence-corrected chi connectivity index (χ4v) is 26.4. The van der Waals surface area contributed by atoms with Crippen molar-refractivity contribution in [2.45, 2.75) is 0 Å². The quantitative estimate of drug-likeness (QED) is 0.0533. The molecule has 0 aliphatic carbocycles. The fraction of sp³-hybridized carbons (Fsp3) is 0. The molecule has 0 fully saturated rings. The van der Waals surface area contributed by atoms with Gasteiger partial charge in [-0.3, -0.25) is 0 Å². The first-order valence-electron chi connectivity index (χ1n) is 47.7. The van der Waals surface area contributed by atoms with Gasteiger partial charge in [-0.1, -0.05) is 0 Å². The molecule has 0 spiro atoms. The molecule has 432 valence electrons. The van der Waals surface area contributed by atoms with E-state index in [2.05, 4.69) is 0 Å². The molecule has 144 heavy (non-hydrogen) atoms. The summed E-state index contributed by atoms with van der Waals surface area (Å²) in [5, 5.41) is 0. The molecule has 0 saturated heterocycles. The molecular weight excluding hydrogens is 1560 g/mol. The molecule has 0 aliphatic heterocycles. The number of rotatable bonds is 70. The second kappa shape index (κ2) is 70.6. The van der Waals surface area contributed by atoms with Crippen LogP contribution in [0.25, 0.3) is 0 Å². The van der Waals surface area contributed by atoms with Gasteiger partial charge < -0.3 is 0 Å². The van der Waals surface area contributed by atoms with Gasteiger partial charge in [0.15, 0.2) is 0 Å². The summed E-state index contributed by atoms with van der Waals surface area (Å²) in [6, 6.07) is 0. The van der Waals surface area contributed by atoms with Crippen LogP contribution in [0.2, 0.25) is 0 Å². The molecule has 144 heteroatoms. The Morgan fingerprint density at radius 3 is 0.125 bits per heavy atom. The SMILES string of the molecule is [B]B([B])B([B])B(B([B])[B])B(B(B([B])[B])B([B])[B])B(B(B(B(B([B])[B])B([B])[B])B(B([B])[B])B([B])[B])B(B(B([B])[B])B([B])[B])B(B([B])[B])B([B])[B])B(B(B(B(B([B])[B])B([B])[B])B(B([B])[B])B([B])[B])B(B(B([B])[B])B([B])[B])B(B([B])[B])B([B])[B])B(B(B(B(B([B])[B])B([B])[B])B(B([B])[B])B([B])[B])B(B(B([B])[B])B([B])[B])B(B([B])[B])B([B])[B])B(B(B(B([B])[B])B([B])[B])B(B([B])[B])B([B])[B])B(B(B([B])[B])B([B])[B])B(B([B])[B])B([B])[B]. The minimum Gasteiger partial charge on any atom is 0 e. The van der Waals surface area contributed by atoms with Gasteiger partial charge in [0.25, 0.3) is 0 Å². The van der Waals surface area contributed by atoms with Crippen LogP contribution in [0.1, 0.15) is 0 Å². The molecule has 146 radical (unpaired) electrons. The fourth-order valence-electron chi connectivity index (χ4n) is 26.4. The van der Waals surface area contributed by atoms with Crippen LogP contribution in [0.5, 0.6) is 0 Å². The Balaban J connectivity index is 18.7. The van der Waals surface area contributed by atoms with E-state index >= 15 is 0 Å². The molecule has 0 aliphatic rings. The monoisotopic (exact) mass is 1590 g/mol. The van der Waals surface area contributed by atoms with Crippen molar-refractivity contribution in [3.63, 3.8) is 0 Å². The van der Waals surface area contributed by atoms with Gasteiger partial charge in [-0.2, -0.15) is 0 Å². The lowest BCUT2D eigenvalue weighted by Crippen LogP contribution is -3.04. The largest absolute Gasteiger partial charge is 0 e. The van der Waals surface area contributed by atoms with Gasteiger partial charge in [-0.25, -0.2) is 0 Å². The first kappa shape index (κ1) is 153. The molecule has 0 rings (SSSR count). The molecule has 0 aromatic heterocycles. The number of hydrogen-bond acceptors (Lipinski definition) is 0. The molecule has 0 heterocycles. The van der Waals surface area contributed by atoms with Crippen molar-refractivity contribution in [2.75, 3.05) is 0 Å². The Hall–Kier alpha value is 9.35. The molecule has 0 aromatic carbocycles. The minimum atomic E-state index is -3.09. The van der Waals surface area contributed by atoms with Crippen molar-refractivity contribution < 1.29 is 0 Å². The van der Waals surface area contributed by atoms with Crippen molar-refractivity contribution in [1.82, 2.24) is 0 Å². The van der Waals surface area contributed by atoms with Crippen LogP contribution in [-0.2, 0) is 0 Å². The maximum absolute atomic E-state index is 7.96. The van der Waals surface area contributed by atoms with Gasteiger partial charge in [0.2, 0.25) is 0 Å². The Morgan fingerprint density at radius 1 is 0.0417 bits per heavy atom. The molecule has 0 amide bonds. The molecule has 0 N–H and O–H groups in total. The van der Waals surface area contributed by atoms with Crippen molar-refractivity contribution in [2.24, 2.45) is 0 Å². The summed E-state index contributed by atoms with van der Waals surface area (Å²) >= 11 is 0. The minimum absolute atomic E-state index is 2.10. The van der Waals surface area contributed by atoms with E-state index in [9.17, 15) is 0 Å². The lowest BCUT2D eigenvalue weighted by molar-refractivity contribution is 3.10. The van der Waals surface area contributed by atoms with E-state index in [1.807, 2.05) is 0 Å². The van der Waals surface area contributed by atoms with Crippen LogP contribution in [0, 0.1) is 0 Å². The second-order valence-corrected chi connectivity index (χ2v) is 41.0. The van der Waals surface area contributed by atoms with E-state index in [0.29, 0.717) is 0 Å². The average molecular weight is 1560 g/mol. The van der Waals surface area contributed by atoms with Crippen LogP contribution in [0.3, 0.4) is 0 Å². The van der Waals surface area contributed by atoms with E-state index in [1.165, 1.54) is 0 Å². The van der Waals surface area contributed by atoms with Crippen molar-refractivity contribution in [3.05, 3.63) is 0 Å². The second-order valence-electron chi connectivity index (χ2n) is 41.0. The molecule has 0 saturated carbocycles. The van der Waals surface area contributed by atoms with Crippen molar-refractivity contribution in [3.8, 4) is 0 Å². The summed E-state index contributed by atoms with van der Waals surface area (Å²) in [5.41, 5.74) is 0. The average Bonchev–Trinajstić information content (AvgIpc) is 0.694. The van der Waals surface area contributed by atoms with Crippen molar-refractivity contribution in [1.29, 1.82) is 0 Å². The third-order valence-electron chi connectivity index (χ3n) is 31.1. The molecule has 0 atom stereocenters. The Labute approximate surface area is 1010 Å². The zero-order valence-electron chi connectivity index (χ0n) is 83.1.